The highest BCUT2D eigenvalue weighted by molar-refractivity contribution is 5.70. The minimum Gasteiger partial charge on any atom is -0.462 e. The quantitative estimate of drug-likeness (QED) is 0.0374. The topological polar surface area (TPSA) is 72.8 Å². The van der Waals surface area contributed by atoms with Crippen molar-refractivity contribution in [1.82, 2.24) is 0 Å². The summed E-state index contributed by atoms with van der Waals surface area (Å²) in [7, 11) is 0. The largest absolute Gasteiger partial charge is 0.462 e. The van der Waals surface area contributed by atoms with E-state index in [0.717, 1.165) is 64.2 Å². The second kappa shape index (κ2) is 57.9. The zero-order valence-corrected chi connectivity index (χ0v) is 44.7. The molecule has 67 heavy (non-hydrogen) atoms. The highest BCUT2D eigenvalue weighted by Gasteiger charge is 2.16. The Balaban J connectivity index is 3.41. The number of carbonyl (C=O) groups excluding carboxylic acids is 2. The molecule has 0 heterocycles. The molecule has 5 nitrogen and oxygen atoms in total. The van der Waals surface area contributed by atoms with E-state index in [4.69, 9.17) is 9.47 Å². The SMILES string of the molecule is CC/C=C\C/C=C\C/C=C\C/C=C\C/C=C\CCCCCCCCCCCCCCCCCCCCCCCC(=O)OC(CO)COC(=O)CCCCCCCCCCCCCCCCCC. The van der Waals surface area contributed by atoms with Crippen molar-refractivity contribution >= 4 is 11.9 Å². The van der Waals surface area contributed by atoms with E-state index in [2.05, 4.69) is 74.6 Å². The fraction of sp³-hybridized carbons (Fsp3) is 0.806. The van der Waals surface area contributed by atoms with E-state index in [0.29, 0.717) is 12.8 Å². The third-order valence-electron chi connectivity index (χ3n) is 13.1. The number of aliphatic hydroxyl groups is 1. The van der Waals surface area contributed by atoms with Crippen molar-refractivity contribution < 1.29 is 24.2 Å². The number of carbonyl (C=O) groups is 2. The second-order valence-corrected chi connectivity index (χ2v) is 19.7. The van der Waals surface area contributed by atoms with Crippen LogP contribution in [0.3, 0.4) is 0 Å². The molecule has 0 aliphatic rings. The number of hydrogen-bond donors (Lipinski definition) is 1. The molecule has 0 fully saturated rings. The Morgan fingerprint density at radius 3 is 0.970 bits per heavy atom. The number of allylic oxidation sites excluding steroid dienone is 10. The molecule has 0 saturated heterocycles. The third kappa shape index (κ3) is 56.1. The fourth-order valence-corrected chi connectivity index (χ4v) is 8.70. The Kier molecular flexibility index (Phi) is 55.8. The van der Waals surface area contributed by atoms with E-state index >= 15 is 0 Å². The lowest BCUT2D eigenvalue weighted by atomic mass is 10.0. The van der Waals surface area contributed by atoms with Gasteiger partial charge < -0.3 is 14.6 Å². The minimum atomic E-state index is -0.768. The van der Waals surface area contributed by atoms with Crippen LogP contribution in [0.1, 0.15) is 303 Å². The fourth-order valence-electron chi connectivity index (χ4n) is 8.70. The highest BCUT2D eigenvalue weighted by Crippen LogP contribution is 2.17. The van der Waals surface area contributed by atoms with E-state index in [1.807, 2.05) is 0 Å². The summed E-state index contributed by atoms with van der Waals surface area (Å²) in [5.74, 6) is -0.573. The monoisotopic (exact) mass is 937 g/mol. The zero-order valence-electron chi connectivity index (χ0n) is 44.7. The molecule has 0 aromatic carbocycles. The summed E-state index contributed by atoms with van der Waals surface area (Å²) in [4.78, 5) is 24.5. The maximum absolute atomic E-state index is 12.3. The van der Waals surface area contributed by atoms with Crippen LogP contribution in [0, 0.1) is 0 Å². The predicted molar refractivity (Wildman–Crippen MR) is 293 cm³/mol. The molecule has 0 aliphatic heterocycles. The maximum atomic E-state index is 12.3. The first-order valence-corrected chi connectivity index (χ1v) is 29.3. The average Bonchev–Trinajstić information content (AvgIpc) is 3.33. The molecular weight excluding hydrogens is 825 g/mol. The number of unbranched alkanes of at least 4 members (excludes halogenated alkanes) is 36. The number of ether oxygens (including phenoxy) is 2. The summed E-state index contributed by atoms with van der Waals surface area (Å²) in [6, 6.07) is 0. The maximum Gasteiger partial charge on any atom is 0.306 e. The van der Waals surface area contributed by atoms with Crippen molar-refractivity contribution in [3.8, 4) is 0 Å². The van der Waals surface area contributed by atoms with Crippen LogP contribution in [0.15, 0.2) is 60.8 Å². The summed E-state index contributed by atoms with van der Waals surface area (Å²) >= 11 is 0. The van der Waals surface area contributed by atoms with Gasteiger partial charge in [-0.3, -0.25) is 9.59 Å². The molecule has 0 radical (unpaired) electrons. The van der Waals surface area contributed by atoms with Gasteiger partial charge in [0.1, 0.15) is 6.61 Å². The first-order chi connectivity index (χ1) is 33.1. The Bertz CT molecular complexity index is 1150. The zero-order chi connectivity index (χ0) is 48.5. The molecule has 0 aromatic heterocycles. The molecule has 0 aromatic rings. The summed E-state index contributed by atoms with van der Waals surface area (Å²) in [5.41, 5.74) is 0. The van der Waals surface area contributed by atoms with E-state index in [9.17, 15) is 14.7 Å². The normalized spacial score (nSPS) is 12.6. The van der Waals surface area contributed by atoms with Gasteiger partial charge in [-0.1, -0.05) is 293 Å². The first kappa shape index (κ1) is 64.6. The summed E-state index contributed by atoms with van der Waals surface area (Å²) in [6.45, 7) is 4.06. The van der Waals surface area contributed by atoms with E-state index in [1.54, 1.807) is 0 Å². The van der Waals surface area contributed by atoms with E-state index < -0.39 is 6.10 Å². The summed E-state index contributed by atoms with van der Waals surface area (Å²) < 4.78 is 10.7. The number of aliphatic hydroxyl groups excluding tert-OH is 1. The molecule has 0 amide bonds. The molecule has 1 N–H and O–H groups in total. The van der Waals surface area contributed by atoms with Crippen molar-refractivity contribution in [2.24, 2.45) is 0 Å². The lowest BCUT2D eigenvalue weighted by molar-refractivity contribution is -0.161. The van der Waals surface area contributed by atoms with Crippen molar-refractivity contribution in [3.05, 3.63) is 60.8 Å². The summed E-state index contributed by atoms with van der Waals surface area (Å²) in [6.07, 6.45) is 77.8. The first-order valence-electron chi connectivity index (χ1n) is 29.3. The van der Waals surface area contributed by atoms with Gasteiger partial charge in [-0.05, 0) is 57.8 Å². The molecule has 0 aliphatic carbocycles. The van der Waals surface area contributed by atoms with Crippen molar-refractivity contribution in [3.63, 3.8) is 0 Å². The van der Waals surface area contributed by atoms with Gasteiger partial charge in [0.15, 0.2) is 6.10 Å². The van der Waals surface area contributed by atoms with Gasteiger partial charge in [-0.2, -0.15) is 0 Å². The highest BCUT2D eigenvalue weighted by atomic mass is 16.6. The van der Waals surface area contributed by atoms with Gasteiger partial charge in [0.2, 0.25) is 0 Å². The molecule has 0 spiro atoms. The van der Waals surface area contributed by atoms with Crippen molar-refractivity contribution in [1.29, 1.82) is 0 Å². The van der Waals surface area contributed by atoms with Crippen LogP contribution in [0.2, 0.25) is 0 Å². The van der Waals surface area contributed by atoms with E-state index in [-0.39, 0.29) is 25.2 Å². The van der Waals surface area contributed by atoms with Gasteiger partial charge in [0.05, 0.1) is 6.61 Å². The molecule has 5 heteroatoms. The Hall–Kier alpha value is -2.40. The van der Waals surface area contributed by atoms with Crippen LogP contribution in [0.25, 0.3) is 0 Å². The number of esters is 2. The van der Waals surface area contributed by atoms with Gasteiger partial charge in [-0.15, -0.1) is 0 Å². The van der Waals surface area contributed by atoms with Gasteiger partial charge in [-0.25, -0.2) is 0 Å². The Morgan fingerprint density at radius 2 is 0.642 bits per heavy atom. The van der Waals surface area contributed by atoms with Crippen molar-refractivity contribution in [2.75, 3.05) is 13.2 Å². The lowest BCUT2D eigenvalue weighted by Crippen LogP contribution is -2.28. The van der Waals surface area contributed by atoms with Crippen LogP contribution in [0.5, 0.6) is 0 Å². The van der Waals surface area contributed by atoms with Gasteiger partial charge >= 0.3 is 11.9 Å². The molecule has 0 bridgehead atoms. The molecule has 390 valence electrons. The van der Waals surface area contributed by atoms with E-state index in [1.165, 1.54) is 212 Å². The Morgan fingerprint density at radius 1 is 0.358 bits per heavy atom. The second-order valence-electron chi connectivity index (χ2n) is 19.7. The smallest absolute Gasteiger partial charge is 0.306 e. The van der Waals surface area contributed by atoms with Crippen LogP contribution in [-0.2, 0) is 19.1 Å². The predicted octanol–water partition coefficient (Wildman–Crippen LogP) is 19.8. The van der Waals surface area contributed by atoms with Crippen LogP contribution >= 0.6 is 0 Å². The summed E-state index contributed by atoms with van der Waals surface area (Å²) in [5, 5.41) is 9.64. The number of rotatable bonds is 54. The van der Waals surface area contributed by atoms with Crippen LogP contribution < -0.4 is 0 Å². The Labute approximate surface area is 417 Å². The third-order valence-corrected chi connectivity index (χ3v) is 13.1. The molecule has 0 saturated carbocycles. The number of hydrogen-bond acceptors (Lipinski definition) is 5. The molecular formula is C62H112O5. The van der Waals surface area contributed by atoms with Gasteiger partial charge in [0, 0.05) is 12.8 Å². The molecule has 1 atom stereocenters. The van der Waals surface area contributed by atoms with Crippen LogP contribution in [-0.4, -0.2) is 36.4 Å². The van der Waals surface area contributed by atoms with Crippen molar-refractivity contribution in [2.45, 2.75) is 309 Å². The standard InChI is InChI=1S/C62H112O5/c1-3-5-7-9-11-13-15-17-19-21-22-23-24-25-26-27-28-29-30-31-32-33-34-35-36-37-38-39-40-41-43-45-47-49-51-53-55-57-62(65)67-60(58-63)59-66-61(64)56-54-52-50-48-46-44-42-20-18-16-14-12-10-8-6-4-2/h5,7,11,13,17,19,22-23,25-26,60,63H,3-4,6,8-10,12,14-16,18,20-21,24,27-59H2,1-2H3/b7-5-,13-11-,19-17-,23-22-,26-25-. The molecule has 1 unspecified atom stereocenters. The molecule has 0 rings (SSSR count). The van der Waals surface area contributed by atoms with Crippen LogP contribution in [0.4, 0.5) is 0 Å². The lowest BCUT2D eigenvalue weighted by Gasteiger charge is -2.15. The van der Waals surface area contributed by atoms with Gasteiger partial charge in [0.25, 0.3) is 0 Å². The average molecular weight is 938 g/mol. The minimum absolute atomic E-state index is 0.0603.